The molecule has 0 saturated carbocycles. The molecule has 0 spiro atoms. The number of hydrogen-bond acceptors (Lipinski definition) is 3. The number of benzene rings is 2. The highest BCUT2D eigenvalue weighted by Gasteiger charge is 2.28. The van der Waals surface area contributed by atoms with Gasteiger partial charge in [0.05, 0.1) is 10.7 Å². The lowest BCUT2D eigenvalue weighted by atomic mass is 9.75. The zero-order valence-corrected chi connectivity index (χ0v) is 23.1. The first-order valence-electron chi connectivity index (χ1n) is 12.6. The molecule has 2 aliphatic rings. The number of rotatable bonds is 5. The van der Waals surface area contributed by atoms with E-state index in [-0.39, 0.29) is 5.41 Å². The Labute approximate surface area is 218 Å². The number of para-hydroxylation sites is 1. The summed E-state index contributed by atoms with van der Waals surface area (Å²) >= 11 is 3.78. The second kappa shape index (κ2) is 9.83. The van der Waals surface area contributed by atoms with Gasteiger partial charge in [-0.15, -0.1) is 0 Å². The summed E-state index contributed by atoms with van der Waals surface area (Å²) in [6.45, 7) is 13.4. The van der Waals surface area contributed by atoms with Crippen LogP contribution in [0.2, 0.25) is 0 Å². The van der Waals surface area contributed by atoms with Gasteiger partial charge in [-0.2, -0.15) is 4.57 Å². The fourth-order valence-electron chi connectivity index (χ4n) is 5.27. The molecule has 2 heterocycles. The first-order valence-corrected chi connectivity index (χ1v) is 14.3. The largest absolute Gasteiger partial charge is 0.335 e. The van der Waals surface area contributed by atoms with Gasteiger partial charge in [0.1, 0.15) is 11.2 Å². The van der Waals surface area contributed by atoms with E-state index < -0.39 is 0 Å². The van der Waals surface area contributed by atoms with Gasteiger partial charge in [-0.05, 0) is 80.0 Å². The van der Waals surface area contributed by atoms with E-state index >= 15 is 0 Å². The Hall–Kier alpha value is -2.56. The number of aryl methyl sites for hydroxylation is 2. The zero-order chi connectivity index (χ0) is 24.6. The topological polar surface area (TPSA) is 7.12 Å². The number of allylic oxidation sites excluding steroid dienone is 6. The highest BCUT2D eigenvalue weighted by atomic mass is 32.2. The summed E-state index contributed by atoms with van der Waals surface area (Å²) in [6.07, 6.45) is 13.9. The normalized spacial score (nSPS) is 19.8. The van der Waals surface area contributed by atoms with Crippen LogP contribution in [0.5, 0.6) is 0 Å². The zero-order valence-electron chi connectivity index (χ0n) is 21.5. The Kier molecular flexibility index (Phi) is 6.78. The summed E-state index contributed by atoms with van der Waals surface area (Å²) in [5, 5.41) is 2.65. The van der Waals surface area contributed by atoms with Crippen LogP contribution in [0, 0.1) is 12.3 Å². The van der Waals surface area contributed by atoms with E-state index in [0.717, 1.165) is 25.9 Å². The van der Waals surface area contributed by atoms with Gasteiger partial charge in [0.2, 0.25) is 5.52 Å². The van der Waals surface area contributed by atoms with Crippen molar-refractivity contribution in [3.05, 3.63) is 93.5 Å². The number of thioether (sulfide) groups is 1. The molecule has 0 N–H and O–H groups in total. The minimum Gasteiger partial charge on any atom is -0.335 e. The lowest BCUT2D eigenvalue weighted by molar-refractivity contribution is -0.665. The average molecular weight is 500 g/mol. The van der Waals surface area contributed by atoms with Crippen molar-refractivity contribution < 1.29 is 4.57 Å². The number of aromatic nitrogens is 1. The van der Waals surface area contributed by atoms with Crippen LogP contribution < -0.4 is 9.47 Å². The van der Waals surface area contributed by atoms with Gasteiger partial charge in [0.15, 0.2) is 0 Å². The summed E-state index contributed by atoms with van der Waals surface area (Å²) in [5.41, 5.74) is 7.09. The molecule has 180 valence electrons. The summed E-state index contributed by atoms with van der Waals surface area (Å²) in [4.78, 5) is 3.83. The summed E-state index contributed by atoms with van der Waals surface area (Å²) in [5.74, 6) is 0. The lowest BCUT2D eigenvalue weighted by Gasteiger charge is -2.31. The van der Waals surface area contributed by atoms with Crippen molar-refractivity contribution in [1.82, 2.24) is 0 Å². The molecule has 0 unspecified atom stereocenters. The molecule has 0 radical (unpaired) electrons. The van der Waals surface area contributed by atoms with Crippen LogP contribution in [0.3, 0.4) is 0 Å². The van der Waals surface area contributed by atoms with Crippen LogP contribution in [0.25, 0.3) is 16.3 Å². The van der Waals surface area contributed by atoms with Crippen molar-refractivity contribution in [2.45, 2.75) is 58.9 Å². The number of fused-ring (bicyclic) bond motifs is 2. The molecule has 2 aromatic carbocycles. The van der Waals surface area contributed by atoms with Crippen LogP contribution in [0.15, 0.2) is 87.8 Å². The minimum atomic E-state index is 0.255. The Morgan fingerprint density at radius 3 is 2.71 bits per heavy atom. The third kappa shape index (κ3) is 5.05. The predicted octanol–water partition coefficient (Wildman–Crippen LogP) is 8.68. The van der Waals surface area contributed by atoms with E-state index in [1.807, 2.05) is 23.1 Å². The average Bonchev–Trinajstić information content (AvgIpc) is 3.34. The molecule has 0 bridgehead atoms. The van der Waals surface area contributed by atoms with Crippen molar-refractivity contribution in [3.63, 3.8) is 0 Å². The van der Waals surface area contributed by atoms with Gasteiger partial charge in [0.25, 0.3) is 5.01 Å². The molecule has 0 saturated heterocycles. The third-order valence-electron chi connectivity index (χ3n) is 6.75. The molecule has 1 aliphatic carbocycles. The van der Waals surface area contributed by atoms with Crippen molar-refractivity contribution >= 4 is 45.1 Å². The second-order valence-electron chi connectivity index (χ2n) is 10.3. The summed E-state index contributed by atoms with van der Waals surface area (Å²) in [6, 6.07) is 15.5. The Balaban J connectivity index is 1.43. The smallest absolute Gasteiger partial charge is 0.262 e. The van der Waals surface area contributed by atoms with Crippen LogP contribution in [0.1, 0.15) is 51.1 Å². The molecule has 0 fully saturated rings. The van der Waals surface area contributed by atoms with Gasteiger partial charge >= 0.3 is 0 Å². The molecule has 4 heteroatoms. The fraction of sp³-hybridized carbons (Fsp3) is 0.323. The van der Waals surface area contributed by atoms with Crippen molar-refractivity contribution in [1.29, 1.82) is 0 Å². The lowest BCUT2D eigenvalue weighted by Crippen LogP contribution is -2.33. The molecule has 35 heavy (non-hydrogen) atoms. The van der Waals surface area contributed by atoms with Crippen molar-refractivity contribution in [2.75, 3.05) is 11.4 Å². The monoisotopic (exact) mass is 499 g/mol. The number of anilines is 1. The van der Waals surface area contributed by atoms with Crippen molar-refractivity contribution in [3.8, 4) is 0 Å². The number of nitrogens with zero attached hydrogens (tertiary/aromatic N) is 2. The van der Waals surface area contributed by atoms with Crippen LogP contribution in [0.4, 0.5) is 5.69 Å². The van der Waals surface area contributed by atoms with Crippen LogP contribution >= 0.6 is 23.1 Å². The quantitative estimate of drug-likeness (QED) is 0.324. The van der Waals surface area contributed by atoms with Gasteiger partial charge in [-0.25, -0.2) is 0 Å². The molecule has 0 atom stereocenters. The summed E-state index contributed by atoms with van der Waals surface area (Å²) in [7, 11) is 0. The van der Waals surface area contributed by atoms with E-state index in [2.05, 4.69) is 117 Å². The predicted molar refractivity (Wildman–Crippen MR) is 154 cm³/mol. The molecule has 5 rings (SSSR count). The highest BCUT2D eigenvalue weighted by molar-refractivity contribution is 8.03. The number of thiazole rings is 1. The SMILES string of the molecule is CCN1C(=CC2=CC(=CC=Cc3sc4ccccc4[n+]3CC)CC(C)(C)C2)Sc2cc(C)ccc21. The van der Waals surface area contributed by atoms with Crippen LogP contribution in [-0.2, 0) is 6.54 Å². The Morgan fingerprint density at radius 2 is 1.91 bits per heavy atom. The van der Waals surface area contributed by atoms with Crippen LogP contribution in [-0.4, -0.2) is 6.54 Å². The maximum atomic E-state index is 2.45. The third-order valence-corrected chi connectivity index (χ3v) is 8.97. The van der Waals surface area contributed by atoms with E-state index in [1.165, 1.54) is 47.5 Å². The fourth-order valence-corrected chi connectivity index (χ4v) is 7.71. The first-order chi connectivity index (χ1) is 16.9. The van der Waals surface area contributed by atoms with Gasteiger partial charge in [0, 0.05) is 23.6 Å². The second-order valence-corrected chi connectivity index (χ2v) is 12.4. The molecule has 0 amide bonds. The standard InChI is InChI=1S/C31H35N2S2/c1-6-32-25-12-8-9-13-27(25)34-29(32)14-10-11-23-18-24(21-31(4,5)20-23)19-30-33(7-2)26-16-15-22(3)17-28(26)35-30/h8-19H,6-7,20-21H2,1-5H3/q+1. The molecule has 1 aliphatic heterocycles. The summed E-state index contributed by atoms with van der Waals surface area (Å²) < 4.78 is 3.75. The van der Waals surface area contributed by atoms with Gasteiger partial charge in [-0.3, -0.25) is 0 Å². The maximum Gasteiger partial charge on any atom is 0.262 e. The highest BCUT2D eigenvalue weighted by Crippen LogP contribution is 2.48. The van der Waals surface area contributed by atoms with Gasteiger partial charge in [-0.1, -0.05) is 73.4 Å². The van der Waals surface area contributed by atoms with E-state index in [9.17, 15) is 0 Å². The molecular weight excluding hydrogens is 464 g/mol. The Morgan fingerprint density at radius 1 is 1.09 bits per heavy atom. The molecular formula is C31H35N2S2+. The van der Waals surface area contributed by atoms with Crippen molar-refractivity contribution in [2.24, 2.45) is 5.41 Å². The molecule has 2 nitrogen and oxygen atoms in total. The molecule has 1 aromatic heterocycles. The minimum absolute atomic E-state index is 0.255. The van der Waals surface area contributed by atoms with E-state index in [1.54, 1.807) is 0 Å². The van der Waals surface area contributed by atoms with E-state index in [0.29, 0.717) is 0 Å². The Bertz CT molecular complexity index is 1380. The molecule has 3 aromatic rings. The first kappa shape index (κ1) is 24.1. The van der Waals surface area contributed by atoms with E-state index in [4.69, 9.17) is 0 Å². The van der Waals surface area contributed by atoms with Gasteiger partial charge < -0.3 is 4.90 Å². The maximum absolute atomic E-state index is 2.45. The number of hydrogen-bond donors (Lipinski definition) is 0.